The van der Waals surface area contributed by atoms with Gasteiger partial charge >= 0.3 is 0 Å². The summed E-state index contributed by atoms with van der Waals surface area (Å²) in [7, 11) is 0. The first-order valence-corrected chi connectivity index (χ1v) is 10.5. The van der Waals surface area contributed by atoms with E-state index in [1.54, 1.807) is 0 Å². The van der Waals surface area contributed by atoms with Crippen LogP contribution in [0.2, 0.25) is 0 Å². The minimum absolute atomic E-state index is 0.151. The molecule has 0 heterocycles. The average Bonchev–Trinajstić information content (AvgIpc) is 2.64. The molecular weight excluding hydrogens is 308 g/mol. The summed E-state index contributed by atoms with van der Waals surface area (Å²) in [4.78, 5) is 4.92. The second kappa shape index (κ2) is 9.19. The summed E-state index contributed by atoms with van der Waals surface area (Å²) in [5.74, 6) is 3.14. The quantitative estimate of drug-likeness (QED) is 0.454. The monoisotopic (exact) mass is 344 g/mol. The highest BCUT2D eigenvalue weighted by atomic mass is 17.1. The molecule has 0 radical (unpaired) electrons. The Hall–Kier alpha value is -0.860. The van der Waals surface area contributed by atoms with Crippen molar-refractivity contribution in [3.8, 4) is 0 Å². The van der Waals surface area contributed by atoms with Crippen molar-refractivity contribution in [3.05, 3.63) is 35.4 Å². The third-order valence-corrected chi connectivity index (χ3v) is 6.89. The molecule has 2 aliphatic carbocycles. The zero-order valence-corrected chi connectivity index (χ0v) is 16.1. The van der Waals surface area contributed by atoms with Gasteiger partial charge in [0.2, 0.25) is 0 Å². The Morgan fingerprint density at radius 3 is 2.00 bits per heavy atom. The van der Waals surface area contributed by atoms with E-state index >= 15 is 0 Å². The van der Waals surface area contributed by atoms with Crippen LogP contribution in [0.25, 0.3) is 0 Å². The first-order valence-electron chi connectivity index (χ1n) is 10.5. The lowest BCUT2D eigenvalue weighted by Crippen LogP contribution is -2.21. The smallest absolute Gasteiger partial charge is 0.120 e. The Morgan fingerprint density at radius 2 is 1.44 bits per heavy atom. The van der Waals surface area contributed by atoms with Crippen molar-refractivity contribution in [2.75, 3.05) is 0 Å². The zero-order valence-electron chi connectivity index (χ0n) is 16.1. The number of rotatable bonds is 6. The topological polar surface area (TPSA) is 29.5 Å². The van der Waals surface area contributed by atoms with Gasteiger partial charge < -0.3 is 0 Å². The highest BCUT2D eigenvalue weighted by Gasteiger charge is 2.28. The summed E-state index contributed by atoms with van der Waals surface area (Å²) in [6, 6.07) is 8.85. The van der Waals surface area contributed by atoms with E-state index in [0.717, 1.165) is 36.2 Å². The van der Waals surface area contributed by atoms with Gasteiger partial charge in [0, 0.05) is 0 Å². The van der Waals surface area contributed by atoms with Gasteiger partial charge in [0.1, 0.15) is 6.10 Å². The average molecular weight is 345 g/mol. The minimum atomic E-state index is -0.151. The van der Waals surface area contributed by atoms with Gasteiger partial charge in [-0.2, -0.15) is 0 Å². The van der Waals surface area contributed by atoms with E-state index < -0.39 is 0 Å². The summed E-state index contributed by atoms with van der Waals surface area (Å²) in [5.41, 5.74) is 2.56. The molecule has 25 heavy (non-hydrogen) atoms. The second-order valence-corrected chi connectivity index (χ2v) is 8.95. The number of hydrogen-bond acceptors (Lipinski definition) is 2. The third kappa shape index (κ3) is 5.31. The van der Waals surface area contributed by atoms with Gasteiger partial charge in [-0.15, -0.1) is 0 Å². The van der Waals surface area contributed by atoms with Gasteiger partial charge in [-0.05, 0) is 60.5 Å². The van der Waals surface area contributed by atoms with Crippen molar-refractivity contribution in [1.82, 2.24) is 0 Å². The lowest BCUT2D eigenvalue weighted by molar-refractivity contribution is -0.296. The maximum atomic E-state index is 9.46. The Labute approximate surface area is 153 Å². The van der Waals surface area contributed by atoms with Crippen molar-refractivity contribution in [2.24, 2.45) is 23.7 Å². The van der Waals surface area contributed by atoms with E-state index in [0.29, 0.717) is 5.92 Å². The molecule has 2 fully saturated rings. The molecule has 2 saturated carbocycles. The zero-order chi connectivity index (χ0) is 17.6. The predicted octanol–water partition coefficient (Wildman–Crippen LogP) is 6.80. The molecule has 1 N–H and O–H groups in total. The number of aryl methyl sites for hydroxylation is 1. The van der Waals surface area contributed by atoms with Crippen LogP contribution >= 0.6 is 0 Å². The van der Waals surface area contributed by atoms with Crippen LogP contribution in [0.15, 0.2) is 24.3 Å². The second-order valence-electron chi connectivity index (χ2n) is 8.95. The molecule has 140 valence electrons. The van der Waals surface area contributed by atoms with E-state index in [2.05, 4.69) is 38.1 Å². The van der Waals surface area contributed by atoms with E-state index in [1.165, 1.54) is 56.9 Å². The predicted molar refractivity (Wildman–Crippen MR) is 103 cm³/mol. The number of hydrogen-bond donors (Lipinski definition) is 1. The number of benzene rings is 1. The Morgan fingerprint density at radius 1 is 0.880 bits per heavy atom. The summed E-state index contributed by atoms with van der Waals surface area (Å²) in [6.45, 7) is 4.72. The first-order chi connectivity index (χ1) is 12.2. The lowest BCUT2D eigenvalue weighted by Gasteiger charge is -2.31. The molecule has 0 amide bonds. The lowest BCUT2D eigenvalue weighted by atomic mass is 9.78. The van der Waals surface area contributed by atoms with Crippen LogP contribution < -0.4 is 0 Å². The van der Waals surface area contributed by atoms with Crippen molar-refractivity contribution < 1.29 is 10.1 Å². The van der Waals surface area contributed by atoms with Gasteiger partial charge in [0.15, 0.2) is 0 Å². The molecule has 2 nitrogen and oxygen atoms in total. The highest BCUT2D eigenvalue weighted by Crippen LogP contribution is 2.38. The molecule has 0 aliphatic heterocycles. The molecule has 2 heteroatoms. The fourth-order valence-electron chi connectivity index (χ4n) is 4.87. The largest absolute Gasteiger partial charge is 0.251 e. The van der Waals surface area contributed by atoms with E-state index in [9.17, 15) is 5.26 Å². The summed E-state index contributed by atoms with van der Waals surface area (Å²) >= 11 is 0. The van der Waals surface area contributed by atoms with Crippen LogP contribution in [0, 0.1) is 23.7 Å². The van der Waals surface area contributed by atoms with Crippen molar-refractivity contribution in [2.45, 2.75) is 84.2 Å². The maximum Gasteiger partial charge on any atom is 0.120 e. The van der Waals surface area contributed by atoms with Gasteiger partial charge in [-0.25, -0.2) is 4.89 Å². The van der Waals surface area contributed by atoms with Gasteiger partial charge in [-0.1, -0.05) is 76.6 Å². The van der Waals surface area contributed by atoms with Crippen LogP contribution in [0.3, 0.4) is 0 Å². The molecule has 1 atom stereocenters. The molecular formula is C23H36O2. The van der Waals surface area contributed by atoms with Crippen LogP contribution in [0.1, 0.15) is 88.9 Å². The van der Waals surface area contributed by atoms with E-state index in [1.807, 2.05) is 0 Å². The van der Waals surface area contributed by atoms with Crippen molar-refractivity contribution in [3.63, 3.8) is 0 Å². The normalized spacial score (nSPS) is 31.6. The molecule has 3 rings (SSSR count). The molecule has 0 bridgehead atoms. The van der Waals surface area contributed by atoms with Crippen molar-refractivity contribution in [1.29, 1.82) is 0 Å². The van der Waals surface area contributed by atoms with Gasteiger partial charge in [-0.3, -0.25) is 5.26 Å². The summed E-state index contributed by atoms with van der Waals surface area (Å²) in [5, 5.41) is 9.46. The fraction of sp³-hybridized carbons (Fsp3) is 0.739. The van der Waals surface area contributed by atoms with E-state index in [4.69, 9.17) is 4.89 Å². The molecule has 1 aromatic rings. The highest BCUT2D eigenvalue weighted by molar-refractivity contribution is 5.25. The van der Waals surface area contributed by atoms with Crippen LogP contribution in [0.4, 0.5) is 0 Å². The summed E-state index contributed by atoms with van der Waals surface area (Å²) in [6.07, 6.45) is 12.9. The molecule has 0 aromatic heterocycles. The molecule has 0 spiro atoms. The molecule has 1 unspecified atom stereocenters. The molecule has 1 aromatic carbocycles. The minimum Gasteiger partial charge on any atom is -0.251 e. The third-order valence-electron chi connectivity index (χ3n) is 6.89. The Balaban J connectivity index is 1.52. The Kier molecular flexibility index (Phi) is 6.95. The fourth-order valence-corrected chi connectivity index (χ4v) is 4.87. The standard InChI is InChI=1S/C23H36O2/c1-17-3-7-19(8-4-17)9-10-20-11-15-22(16-12-20)23(25-24)21-13-5-18(2)6-14-21/h11-12,15-19,21,23-24H,3-10,13-14H2,1-2H3. The molecule has 2 aliphatic rings. The van der Waals surface area contributed by atoms with Crippen LogP contribution in [-0.4, -0.2) is 5.26 Å². The van der Waals surface area contributed by atoms with Crippen LogP contribution in [0.5, 0.6) is 0 Å². The SMILES string of the molecule is CC1CCC(CCc2ccc(C(OO)C3CCC(C)CC3)cc2)CC1. The summed E-state index contributed by atoms with van der Waals surface area (Å²) < 4.78 is 0. The maximum absolute atomic E-state index is 9.46. The van der Waals surface area contributed by atoms with Crippen LogP contribution in [-0.2, 0) is 11.3 Å². The van der Waals surface area contributed by atoms with Gasteiger partial charge in [0.25, 0.3) is 0 Å². The van der Waals surface area contributed by atoms with Gasteiger partial charge in [0.05, 0.1) is 0 Å². The van der Waals surface area contributed by atoms with Crippen molar-refractivity contribution >= 4 is 0 Å². The Bertz CT molecular complexity index is 493. The van der Waals surface area contributed by atoms with E-state index in [-0.39, 0.29) is 6.10 Å². The first kappa shape index (κ1) is 18.9. The molecule has 0 saturated heterocycles.